The molecule has 0 amide bonds. The standard InChI is InChI=1S/C27H31N3O3S/c1-3-4-14-27-18-28-16-26(2,25(27)31)17-29(19-27)24(28)22-15-30(23-13-9-8-12-21(22)23)34(32,33)20-10-6-5-7-11-20/h5-13,15,24H,3-4,14,16-19H2,1-2H3. The molecule has 4 fully saturated rings. The number of benzene rings is 2. The van der Waals surface area contributed by atoms with Crippen LogP contribution in [0.15, 0.2) is 65.7 Å². The number of hydrogen-bond acceptors (Lipinski definition) is 5. The van der Waals surface area contributed by atoms with Crippen LogP contribution in [0.25, 0.3) is 10.9 Å². The first-order valence-corrected chi connectivity index (χ1v) is 13.7. The summed E-state index contributed by atoms with van der Waals surface area (Å²) >= 11 is 0. The number of rotatable bonds is 6. The predicted octanol–water partition coefficient (Wildman–Crippen LogP) is 4.27. The second kappa shape index (κ2) is 7.51. The topological polar surface area (TPSA) is 62.6 Å². The molecule has 2 aromatic carbocycles. The second-order valence-electron chi connectivity index (χ2n) is 10.7. The van der Waals surface area contributed by atoms with Crippen molar-refractivity contribution in [2.24, 2.45) is 10.8 Å². The summed E-state index contributed by atoms with van der Waals surface area (Å²) in [5.41, 5.74) is 1.05. The van der Waals surface area contributed by atoms with Crippen molar-refractivity contribution in [1.29, 1.82) is 0 Å². The SMILES string of the molecule is CCCCC12CN3CC(C)(CN(C1)C3c1cn(S(=O)(=O)c3ccccc3)c3ccccc13)C2=O. The van der Waals surface area contributed by atoms with E-state index in [4.69, 9.17) is 0 Å². The van der Waals surface area contributed by atoms with E-state index in [0.717, 1.165) is 56.4 Å². The third kappa shape index (κ3) is 3.00. The maximum Gasteiger partial charge on any atom is 0.268 e. The van der Waals surface area contributed by atoms with E-state index in [2.05, 4.69) is 23.6 Å². The fraction of sp³-hybridized carbons (Fsp3) is 0.444. The van der Waals surface area contributed by atoms with Gasteiger partial charge in [-0.25, -0.2) is 12.4 Å². The molecule has 7 heteroatoms. The van der Waals surface area contributed by atoms with Gasteiger partial charge < -0.3 is 0 Å². The Morgan fingerprint density at radius 2 is 1.59 bits per heavy atom. The lowest BCUT2D eigenvalue weighted by atomic mass is 9.59. The number of para-hydroxylation sites is 1. The number of carbonyl (C=O) groups excluding carboxylic acids is 1. The number of carbonyl (C=O) groups is 1. The molecule has 7 rings (SSSR count). The normalized spacial score (nSPS) is 32.5. The smallest absolute Gasteiger partial charge is 0.268 e. The largest absolute Gasteiger partial charge is 0.298 e. The van der Waals surface area contributed by atoms with Crippen LogP contribution < -0.4 is 0 Å². The van der Waals surface area contributed by atoms with E-state index in [1.807, 2.05) is 36.5 Å². The maximum atomic E-state index is 13.6. The van der Waals surface area contributed by atoms with Crippen LogP contribution in [-0.4, -0.2) is 54.2 Å². The average molecular weight is 478 g/mol. The Bertz CT molecular complexity index is 1360. The molecule has 3 aromatic rings. The lowest BCUT2D eigenvalue weighted by Gasteiger charge is -2.65. The van der Waals surface area contributed by atoms with Crippen molar-refractivity contribution in [1.82, 2.24) is 13.8 Å². The van der Waals surface area contributed by atoms with Gasteiger partial charge in [0.15, 0.2) is 0 Å². The van der Waals surface area contributed by atoms with Crippen LogP contribution in [0.2, 0.25) is 0 Å². The van der Waals surface area contributed by atoms with Crippen LogP contribution in [-0.2, 0) is 14.8 Å². The van der Waals surface area contributed by atoms with Crippen molar-refractivity contribution in [2.75, 3.05) is 26.2 Å². The fourth-order valence-electron chi connectivity index (χ4n) is 6.86. The van der Waals surface area contributed by atoms with E-state index < -0.39 is 10.0 Å². The first-order chi connectivity index (χ1) is 16.3. The van der Waals surface area contributed by atoms with E-state index in [1.165, 1.54) is 3.97 Å². The van der Waals surface area contributed by atoms with Gasteiger partial charge in [0.25, 0.3) is 10.0 Å². The molecule has 6 nitrogen and oxygen atoms in total. The summed E-state index contributed by atoms with van der Waals surface area (Å²) in [5, 5.41) is 0.957. The molecule has 178 valence electrons. The first-order valence-electron chi connectivity index (χ1n) is 12.2. The molecule has 2 unspecified atom stereocenters. The van der Waals surface area contributed by atoms with Crippen molar-refractivity contribution in [2.45, 2.75) is 44.2 Å². The Morgan fingerprint density at radius 3 is 2.26 bits per heavy atom. The average Bonchev–Trinajstić information content (AvgIpc) is 3.21. The quantitative estimate of drug-likeness (QED) is 0.531. The molecule has 0 N–H and O–H groups in total. The van der Waals surface area contributed by atoms with Gasteiger partial charge in [-0.2, -0.15) is 0 Å². The minimum Gasteiger partial charge on any atom is -0.298 e. The zero-order valence-electron chi connectivity index (χ0n) is 19.8. The van der Waals surface area contributed by atoms with Crippen LogP contribution in [0.5, 0.6) is 0 Å². The zero-order valence-corrected chi connectivity index (χ0v) is 20.6. The molecule has 4 bridgehead atoms. The van der Waals surface area contributed by atoms with Crippen molar-refractivity contribution >= 4 is 26.7 Å². The fourth-order valence-corrected chi connectivity index (χ4v) is 8.25. The van der Waals surface area contributed by atoms with Gasteiger partial charge in [0.1, 0.15) is 5.78 Å². The van der Waals surface area contributed by atoms with Gasteiger partial charge in [-0.15, -0.1) is 0 Å². The highest BCUT2D eigenvalue weighted by molar-refractivity contribution is 7.90. The van der Waals surface area contributed by atoms with Crippen LogP contribution in [0.3, 0.4) is 0 Å². The molecule has 0 aliphatic carbocycles. The lowest BCUT2D eigenvalue weighted by molar-refractivity contribution is -0.201. The minimum absolute atomic E-state index is 0.0203. The highest BCUT2D eigenvalue weighted by atomic mass is 32.2. The number of unbranched alkanes of at least 4 members (excludes halogenated alkanes) is 1. The summed E-state index contributed by atoms with van der Waals surface area (Å²) in [5.74, 6) is 0.438. The monoisotopic (exact) mass is 477 g/mol. The molecule has 4 saturated heterocycles. The number of piperidine rings is 2. The Morgan fingerprint density at radius 1 is 0.941 bits per heavy atom. The summed E-state index contributed by atoms with van der Waals surface area (Å²) in [6.45, 7) is 7.27. The summed E-state index contributed by atoms with van der Waals surface area (Å²) in [4.78, 5) is 18.7. The Balaban J connectivity index is 1.47. The molecule has 0 radical (unpaired) electrons. The lowest BCUT2D eigenvalue weighted by Crippen LogP contribution is -2.76. The Hall–Kier alpha value is -2.48. The molecule has 5 heterocycles. The number of Topliss-reactive ketones (excluding diaryl/α,β-unsaturated/α-hetero) is 1. The number of hydrogen-bond donors (Lipinski definition) is 0. The maximum absolute atomic E-state index is 13.6. The molecule has 4 aliphatic heterocycles. The van der Waals surface area contributed by atoms with E-state index in [1.54, 1.807) is 24.3 Å². The van der Waals surface area contributed by atoms with Gasteiger partial charge in [-0.3, -0.25) is 14.6 Å². The van der Waals surface area contributed by atoms with E-state index in [0.29, 0.717) is 11.3 Å². The number of nitrogens with zero attached hydrogens (tertiary/aromatic N) is 3. The van der Waals surface area contributed by atoms with Crippen molar-refractivity contribution in [3.05, 3.63) is 66.4 Å². The van der Waals surface area contributed by atoms with E-state index in [-0.39, 0.29) is 21.9 Å². The molecular formula is C27H31N3O3S. The molecule has 0 saturated carbocycles. The second-order valence-corrected chi connectivity index (χ2v) is 12.5. The summed E-state index contributed by atoms with van der Waals surface area (Å²) in [6, 6.07) is 16.4. The molecule has 4 aliphatic rings. The third-order valence-corrected chi connectivity index (χ3v) is 9.82. The van der Waals surface area contributed by atoms with Crippen molar-refractivity contribution in [3.8, 4) is 0 Å². The highest BCUT2D eigenvalue weighted by Crippen LogP contribution is 2.54. The summed E-state index contributed by atoms with van der Waals surface area (Å²) in [6.07, 6.45) is 4.88. The molecule has 2 atom stereocenters. The minimum atomic E-state index is -3.73. The Kier molecular flexibility index (Phi) is 4.86. The van der Waals surface area contributed by atoms with E-state index in [9.17, 15) is 13.2 Å². The van der Waals surface area contributed by atoms with Crippen molar-refractivity contribution < 1.29 is 13.2 Å². The zero-order chi connectivity index (χ0) is 23.7. The van der Waals surface area contributed by atoms with Gasteiger partial charge in [-0.1, -0.05) is 63.1 Å². The summed E-state index contributed by atoms with van der Waals surface area (Å²) < 4.78 is 28.7. The summed E-state index contributed by atoms with van der Waals surface area (Å²) in [7, 11) is -3.73. The van der Waals surface area contributed by atoms with Crippen molar-refractivity contribution in [3.63, 3.8) is 0 Å². The van der Waals surface area contributed by atoms with Gasteiger partial charge in [0.05, 0.1) is 27.4 Å². The van der Waals surface area contributed by atoms with Crippen LogP contribution in [0.1, 0.15) is 44.8 Å². The van der Waals surface area contributed by atoms with Gasteiger partial charge in [0, 0.05) is 43.3 Å². The van der Waals surface area contributed by atoms with Crippen LogP contribution in [0, 0.1) is 10.8 Å². The van der Waals surface area contributed by atoms with Crippen LogP contribution >= 0.6 is 0 Å². The number of ketones is 1. The predicted molar refractivity (Wildman–Crippen MR) is 132 cm³/mol. The van der Waals surface area contributed by atoms with Gasteiger partial charge in [0.2, 0.25) is 0 Å². The Labute approximate surface area is 201 Å². The first kappa shape index (κ1) is 22.0. The van der Waals surface area contributed by atoms with Gasteiger partial charge in [-0.05, 0) is 24.6 Å². The highest BCUT2D eigenvalue weighted by Gasteiger charge is 2.63. The number of aromatic nitrogens is 1. The molecular weight excluding hydrogens is 446 g/mol. The molecule has 34 heavy (non-hydrogen) atoms. The number of fused-ring (bicyclic) bond motifs is 1. The molecule has 1 aromatic heterocycles. The van der Waals surface area contributed by atoms with Gasteiger partial charge >= 0.3 is 0 Å². The molecule has 0 spiro atoms. The van der Waals surface area contributed by atoms with Crippen LogP contribution in [0.4, 0.5) is 0 Å². The van der Waals surface area contributed by atoms with E-state index >= 15 is 0 Å². The third-order valence-electron chi connectivity index (χ3n) is 8.13.